The van der Waals surface area contributed by atoms with Crippen molar-refractivity contribution in [3.05, 3.63) is 53.6 Å². The van der Waals surface area contributed by atoms with Crippen LogP contribution in [0.2, 0.25) is 0 Å². The molecule has 5 nitrogen and oxygen atoms in total. The molecular weight excluding hydrogens is 304 g/mol. The maximum atomic E-state index is 12.3. The molecule has 0 heterocycles. The van der Waals surface area contributed by atoms with Crippen LogP contribution in [0.5, 0.6) is 11.5 Å². The van der Waals surface area contributed by atoms with Crippen LogP contribution in [0.3, 0.4) is 0 Å². The third-order valence-corrected chi connectivity index (χ3v) is 3.72. The van der Waals surface area contributed by atoms with Gasteiger partial charge in [0.25, 0.3) is 0 Å². The Kier molecular flexibility index (Phi) is 5.80. The molecule has 0 fully saturated rings. The Morgan fingerprint density at radius 1 is 1.12 bits per heavy atom. The monoisotopic (exact) mass is 324 g/mol. The predicted octanol–water partition coefficient (Wildman–Crippen LogP) is 3.39. The molecule has 1 unspecified atom stereocenters. The van der Waals surface area contributed by atoms with E-state index >= 15 is 0 Å². The van der Waals surface area contributed by atoms with Crippen molar-refractivity contribution in [1.82, 2.24) is 0 Å². The molecular formula is C19H20N2O3. The zero-order valence-corrected chi connectivity index (χ0v) is 14.0. The van der Waals surface area contributed by atoms with Crippen LogP contribution < -0.4 is 14.8 Å². The molecule has 0 spiro atoms. The van der Waals surface area contributed by atoms with Crippen LogP contribution in [0.15, 0.2) is 42.5 Å². The summed E-state index contributed by atoms with van der Waals surface area (Å²) < 4.78 is 10.5. The number of carbonyl (C=O) groups is 1. The Balaban J connectivity index is 2.01. The second kappa shape index (κ2) is 8.02. The lowest BCUT2D eigenvalue weighted by Gasteiger charge is -2.14. The highest BCUT2D eigenvalue weighted by Gasteiger charge is 2.15. The Morgan fingerprint density at radius 3 is 2.38 bits per heavy atom. The molecule has 0 aliphatic heterocycles. The maximum Gasteiger partial charge on any atom is 0.227 e. The van der Waals surface area contributed by atoms with E-state index in [1.807, 2.05) is 31.2 Å². The van der Waals surface area contributed by atoms with E-state index in [1.165, 1.54) is 0 Å². The van der Waals surface area contributed by atoms with Crippen molar-refractivity contribution in [3.63, 3.8) is 0 Å². The van der Waals surface area contributed by atoms with Crippen LogP contribution >= 0.6 is 0 Å². The molecule has 2 rings (SSSR count). The van der Waals surface area contributed by atoms with Crippen molar-refractivity contribution in [2.24, 2.45) is 5.92 Å². The quantitative estimate of drug-likeness (QED) is 0.884. The second-order valence-corrected chi connectivity index (χ2v) is 5.47. The third kappa shape index (κ3) is 4.26. The fourth-order valence-electron chi connectivity index (χ4n) is 2.35. The van der Waals surface area contributed by atoms with E-state index < -0.39 is 0 Å². The van der Waals surface area contributed by atoms with Gasteiger partial charge in [-0.15, -0.1) is 0 Å². The zero-order chi connectivity index (χ0) is 17.5. The van der Waals surface area contributed by atoms with Crippen LogP contribution in [0.4, 0.5) is 5.69 Å². The second-order valence-electron chi connectivity index (χ2n) is 5.47. The minimum absolute atomic E-state index is 0.0745. The number of amides is 1. The summed E-state index contributed by atoms with van der Waals surface area (Å²) in [6.07, 6.45) is 0.586. The van der Waals surface area contributed by atoms with Gasteiger partial charge < -0.3 is 14.8 Å². The number of nitrogens with one attached hydrogen (secondary N) is 1. The first kappa shape index (κ1) is 17.4. The molecule has 0 bridgehead atoms. The Bertz CT molecular complexity index is 748. The van der Waals surface area contributed by atoms with Gasteiger partial charge in [0, 0.05) is 11.6 Å². The number of nitrogens with zero attached hydrogens (tertiary/aromatic N) is 1. The lowest BCUT2D eigenvalue weighted by molar-refractivity contribution is -0.119. The lowest BCUT2D eigenvalue weighted by atomic mass is 10.00. The van der Waals surface area contributed by atoms with Gasteiger partial charge >= 0.3 is 0 Å². The molecule has 1 amide bonds. The van der Waals surface area contributed by atoms with Gasteiger partial charge in [-0.3, -0.25) is 4.79 Å². The van der Waals surface area contributed by atoms with Crippen LogP contribution in [-0.4, -0.2) is 20.1 Å². The lowest BCUT2D eigenvalue weighted by Crippen LogP contribution is -2.22. The van der Waals surface area contributed by atoms with Crippen LogP contribution in [0.25, 0.3) is 0 Å². The predicted molar refractivity (Wildman–Crippen MR) is 92.2 cm³/mol. The van der Waals surface area contributed by atoms with E-state index in [0.29, 0.717) is 29.2 Å². The number of hydrogen-bond acceptors (Lipinski definition) is 4. The molecule has 124 valence electrons. The average molecular weight is 324 g/mol. The minimum atomic E-state index is -0.209. The summed E-state index contributed by atoms with van der Waals surface area (Å²) in [6, 6.07) is 14.5. The third-order valence-electron chi connectivity index (χ3n) is 3.72. The average Bonchev–Trinajstić information content (AvgIpc) is 2.62. The summed E-state index contributed by atoms with van der Waals surface area (Å²) in [5.41, 5.74) is 2.24. The Hall–Kier alpha value is -3.00. The highest BCUT2D eigenvalue weighted by Crippen LogP contribution is 2.28. The highest BCUT2D eigenvalue weighted by atomic mass is 16.5. The summed E-state index contributed by atoms with van der Waals surface area (Å²) in [7, 11) is 3.17. The first-order chi connectivity index (χ1) is 11.6. The number of rotatable bonds is 6. The molecule has 0 saturated carbocycles. The number of methoxy groups -OCH3 is 2. The molecule has 0 aliphatic rings. The van der Waals surface area contributed by atoms with Crippen molar-refractivity contribution in [2.45, 2.75) is 13.3 Å². The van der Waals surface area contributed by atoms with E-state index in [4.69, 9.17) is 14.7 Å². The molecule has 0 radical (unpaired) electrons. The summed E-state index contributed by atoms with van der Waals surface area (Å²) in [5.74, 6) is 1.03. The smallest absolute Gasteiger partial charge is 0.227 e. The summed E-state index contributed by atoms with van der Waals surface area (Å²) >= 11 is 0. The number of carbonyl (C=O) groups excluding carboxylic acids is 1. The largest absolute Gasteiger partial charge is 0.493 e. The number of benzene rings is 2. The van der Waals surface area contributed by atoms with E-state index in [0.717, 1.165) is 5.56 Å². The summed E-state index contributed by atoms with van der Waals surface area (Å²) in [5, 5.41) is 11.6. The molecule has 5 heteroatoms. The molecule has 1 N–H and O–H groups in total. The molecule has 0 aliphatic carbocycles. The van der Waals surface area contributed by atoms with Gasteiger partial charge in [-0.1, -0.05) is 13.0 Å². The van der Waals surface area contributed by atoms with Gasteiger partial charge in [0.1, 0.15) is 0 Å². The first-order valence-electron chi connectivity index (χ1n) is 7.59. The van der Waals surface area contributed by atoms with Crippen LogP contribution in [-0.2, 0) is 11.2 Å². The maximum absolute atomic E-state index is 12.3. The van der Waals surface area contributed by atoms with Gasteiger partial charge in [-0.2, -0.15) is 5.26 Å². The fourth-order valence-corrected chi connectivity index (χ4v) is 2.35. The Labute approximate surface area is 141 Å². The van der Waals surface area contributed by atoms with E-state index in [1.54, 1.807) is 38.5 Å². The van der Waals surface area contributed by atoms with Gasteiger partial charge in [0.2, 0.25) is 5.91 Å². The number of nitriles is 1. The number of hydrogen-bond donors (Lipinski definition) is 1. The van der Waals surface area contributed by atoms with Crippen molar-refractivity contribution in [1.29, 1.82) is 5.26 Å². The van der Waals surface area contributed by atoms with Crippen LogP contribution in [0, 0.1) is 17.2 Å². The molecule has 1 atom stereocenters. The zero-order valence-electron chi connectivity index (χ0n) is 14.0. The molecule has 24 heavy (non-hydrogen) atoms. The number of anilines is 1. The fraction of sp³-hybridized carbons (Fsp3) is 0.263. The normalized spacial score (nSPS) is 11.2. The SMILES string of the molecule is COc1ccc(CC(C)C(=O)Nc2ccc(C#N)cc2)cc1OC. The number of ether oxygens (including phenoxy) is 2. The van der Waals surface area contributed by atoms with Crippen molar-refractivity contribution in [2.75, 3.05) is 19.5 Å². The van der Waals surface area contributed by atoms with Gasteiger partial charge in [-0.05, 0) is 48.4 Å². The highest BCUT2D eigenvalue weighted by molar-refractivity contribution is 5.92. The van der Waals surface area contributed by atoms with Crippen molar-refractivity contribution in [3.8, 4) is 17.6 Å². The van der Waals surface area contributed by atoms with E-state index in [2.05, 4.69) is 5.32 Å². The van der Waals surface area contributed by atoms with Gasteiger partial charge in [0.05, 0.1) is 25.9 Å². The van der Waals surface area contributed by atoms with E-state index in [-0.39, 0.29) is 11.8 Å². The van der Waals surface area contributed by atoms with Crippen molar-refractivity contribution < 1.29 is 14.3 Å². The first-order valence-corrected chi connectivity index (χ1v) is 7.59. The standard InChI is InChI=1S/C19H20N2O3/c1-13(10-15-6-9-17(23-2)18(11-15)24-3)19(22)21-16-7-4-14(12-20)5-8-16/h4-9,11,13H,10H2,1-3H3,(H,21,22). The summed E-state index contributed by atoms with van der Waals surface area (Å²) in [4.78, 5) is 12.3. The van der Waals surface area contributed by atoms with Crippen LogP contribution in [0.1, 0.15) is 18.1 Å². The molecule has 2 aromatic rings. The molecule has 0 aromatic heterocycles. The minimum Gasteiger partial charge on any atom is -0.493 e. The topological polar surface area (TPSA) is 71.3 Å². The molecule has 2 aromatic carbocycles. The Morgan fingerprint density at radius 2 is 1.79 bits per heavy atom. The van der Waals surface area contributed by atoms with E-state index in [9.17, 15) is 4.79 Å². The van der Waals surface area contributed by atoms with Crippen molar-refractivity contribution >= 4 is 11.6 Å². The van der Waals surface area contributed by atoms with Gasteiger partial charge in [0.15, 0.2) is 11.5 Å². The summed E-state index contributed by atoms with van der Waals surface area (Å²) in [6.45, 7) is 1.87. The molecule has 0 saturated heterocycles. The van der Waals surface area contributed by atoms with Gasteiger partial charge in [-0.25, -0.2) is 0 Å².